The van der Waals surface area contributed by atoms with E-state index in [4.69, 9.17) is 9.16 Å². The molecule has 3 aromatic carbocycles. The number of benzene rings is 3. The van der Waals surface area contributed by atoms with Crippen LogP contribution in [-0.4, -0.2) is 49.4 Å². The molecule has 0 saturated heterocycles. The lowest BCUT2D eigenvalue weighted by atomic mass is 9.66. The Morgan fingerprint density at radius 2 is 1.40 bits per heavy atom. The Labute approximate surface area is 271 Å². The second-order valence-corrected chi connectivity index (χ2v) is 18.7. The maximum absolute atomic E-state index is 13.2. The molecule has 1 aliphatic carbocycles. The topological polar surface area (TPSA) is 76.0 Å². The number of hydrogen-bond acceptors (Lipinski definition) is 5. The Morgan fingerprint density at radius 3 is 1.87 bits per heavy atom. The molecule has 0 aliphatic heterocycles. The van der Waals surface area contributed by atoms with E-state index in [9.17, 15) is 15.0 Å². The highest BCUT2D eigenvalue weighted by atomic mass is 28.4. The number of esters is 1. The lowest BCUT2D eigenvalue weighted by Gasteiger charge is -2.47. The quantitative estimate of drug-likeness (QED) is 0.131. The van der Waals surface area contributed by atoms with E-state index in [0.717, 1.165) is 6.42 Å². The Bertz CT molecular complexity index is 1360. The smallest absolute Gasteiger partial charge is 0.338 e. The predicted octanol–water partition coefficient (Wildman–Crippen LogP) is 6.78. The number of hydrogen-bond donors (Lipinski definition) is 2. The molecule has 5 atom stereocenters. The fourth-order valence-corrected chi connectivity index (χ4v) is 11.8. The van der Waals surface area contributed by atoms with E-state index in [-0.39, 0.29) is 16.9 Å². The number of ether oxygens (including phenoxy) is 1. The van der Waals surface area contributed by atoms with Crippen molar-refractivity contribution in [3.63, 3.8) is 0 Å². The van der Waals surface area contributed by atoms with Gasteiger partial charge in [0, 0.05) is 6.61 Å². The van der Waals surface area contributed by atoms with Gasteiger partial charge in [-0.05, 0) is 77.9 Å². The molecule has 4 rings (SSSR count). The van der Waals surface area contributed by atoms with Crippen molar-refractivity contribution in [2.45, 2.75) is 78.1 Å². The lowest BCUT2D eigenvalue weighted by Crippen LogP contribution is -2.67. The van der Waals surface area contributed by atoms with Gasteiger partial charge in [0.15, 0.2) is 0 Å². The first-order valence-electron chi connectivity index (χ1n) is 16.3. The number of allylic oxidation sites excluding steroid dienone is 2. The van der Waals surface area contributed by atoms with Gasteiger partial charge in [0.25, 0.3) is 8.32 Å². The molecule has 45 heavy (non-hydrogen) atoms. The van der Waals surface area contributed by atoms with Crippen LogP contribution in [0.3, 0.4) is 0 Å². The van der Waals surface area contributed by atoms with Gasteiger partial charge in [0.05, 0.1) is 12.2 Å². The first kappa shape index (κ1) is 34.8. The van der Waals surface area contributed by atoms with Crippen molar-refractivity contribution in [3.05, 3.63) is 108 Å². The van der Waals surface area contributed by atoms with Gasteiger partial charge in [0.2, 0.25) is 0 Å². The van der Waals surface area contributed by atoms with E-state index in [1.165, 1.54) is 15.9 Å². The van der Waals surface area contributed by atoms with E-state index < -0.39 is 32.6 Å². The summed E-state index contributed by atoms with van der Waals surface area (Å²) >= 11 is 0. The minimum Gasteiger partial charge on any atom is -0.456 e. The van der Waals surface area contributed by atoms with Gasteiger partial charge < -0.3 is 19.4 Å². The summed E-state index contributed by atoms with van der Waals surface area (Å²) in [5, 5.41) is 23.9. The third-order valence-electron chi connectivity index (χ3n) is 9.87. The zero-order valence-corrected chi connectivity index (χ0v) is 29.1. The van der Waals surface area contributed by atoms with Gasteiger partial charge in [-0.2, -0.15) is 0 Å². The number of carbonyl (C=O) groups is 1. The normalized spacial score (nSPS) is 21.1. The van der Waals surface area contributed by atoms with Crippen LogP contribution >= 0.6 is 0 Å². The summed E-state index contributed by atoms with van der Waals surface area (Å²) in [5.41, 5.74) is 0.00929. The van der Waals surface area contributed by atoms with Gasteiger partial charge in [-0.15, -0.1) is 0 Å². The van der Waals surface area contributed by atoms with Gasteiger partial charge in [0.1, 0.15) is 11.7 Å². The predicted molar refractivity (Wildman–Crippen MR) is 185 cm³/mol. The van der Waals surface area contributed by atoms with Crippen molar-refractivity contribution < 1.29 is 24.2 Å². The fraction of sp³-hybridized carbons (Fsp3) is 0.462. The zero-order chi connectivity index (χ0) is 32.8. The van der Waals surface area contributed by atoms with Crippen molar-refractivity contribution in [1.82, 2.24) is 0 Å². The highest BCUT2D eigenvalue weighted by molar-refractivity contribution is 6.99. The van der Waals surface area contributed by atoms with E-state index in [0.29, 0.717) is 30.4 Å². The zero-order valence-electron chi connectivity index (χ0n) is 28.1. The van der Waals surface area contributed by atoms with Gasteiger partial charge in [-0.25, -0.2) is 4.79 Å². The molecule has 0 heterocycles. The van der Waals surface area contributed by atoms with Crippen LogP contribution in [0.15, 0.2) is 103 Å². The van der Waals surface area contributed by atoms with E-state index in [2.05, 4.69) is 108 Å². The SMILES string of the molecule is CC1=CC[C@H](C(C)C)[C@@H](CO[Si](c2ccccc2)(c2ccccc2)C(C)(C)C)[C@H]1C[C@@H](OC(=O)c1ccccc1)[C@@](C)(O)CO. The van der Waals surface area contributed by atoms with Crippen molar-refractivity contribution in [3.8, 4) is 0 Å². The highest BCUT2D eigenvalue weighted by Gasteiger charge is 2.51. The van der Waals surface area contributed by atoms with Crippen LogP contribution < -0.4 is 10.4 Å². The standard InChI is InChI=1S/C39H52O5Si/c1-28(2)33-24-23-29(3)34(25-36(39(7,42)27-40)44-37(41)30-17-11-8-12-18-30)35(33)26-43-45(38(4,5)6,31-19-13-9-14-20-31)32-21-15-10-16-22-32/h8-23,28,33-36,40,42H,24-27H2,1-7H3/t33-,34+,35-,36-,39+/m1/s1. The van der Waals surface area contributed by atoms with Crippen LogP contribution in [0, 0.1) is 23.7 Å². The van der Waals surface area contributed by atoms with Gasteiger partial charge >= 0.3 is 5.97 Å². The first-order valence-corrected chi connectivity index (χ1v) is 18.2. The number of aliphatic hydroxyl groups excluding tert-OH is 1. The Balaban J connectivity index is 1.75. The third kappa shape index (κ3) is 7.69. The van der Waals surface area contributed by atoms with Crippen molar-refractivity contribution >= 4 is 24.7 Å². The van der Waals surface area contributed by atoms with E-state index >= 15 is 0 Å². The molecule has 0 spiro atoms. The molecular weight excluding hydrogens is 577 g/mol. The fourth-order valence-electron chi connectivity index (χ4n) is 7.17. The first-order chi connectivity index (χ1) is 21.3. The van der Waals surface area contributed by atoms with Gasteiger partial charge in [-0.1, -0.05) is 125 Å². The highest BCUT2D eigenvalue weighted by Crippen LogP contribution is 2.44. The summed E-state index contributed by atoms with van der Waals surface area (Å²) in [5.74, 6) is 0.321. The molecule has 0 bridgehead atoms. The third-order valence-corrected chi connectivity index (χ3v) is 14.9. The number of carbonyl (C=O) groups excluding carboxylic acids is 1. The molecule has 2 N–H and O–H groups in total. The molecule has 1 aliphatic rings. The molecule has 0 unspecified atom stereocenters. The van der Waals surface area contributed by atoms with Crippen LogP contribution in [0.2, 0.25) is 5.04 Å². The second kappa shape index (κ2) is 14.6. The molecule has 5 nitrogen and oxygen atoms in total. The summed E-state index contributed by atoms with van der Waals surface area (Å²) in [7, 11) is -2.80. The minimum absolute atomic E-state index is 0.0176. The van der Waals surface area contributed by atoms with Crippen LogP contribution in [-0.2, 0) is 9.16 Å². The number of rotatable bonds is 12. The summed E-state index contributed by atoms with van der Waals surface area (Å²) in [6, 6.07) is 30.2. The second-order valence-electron chi connectivity index (χ2n) is 14.3. The molecule has 3 aromatic rings. The molecule has 0 radical (unpaired) electrons. The average molecular weight is 629 g/mol. The Morgan fingerprint density at radius 1 is 0.889 bits per heavy atom. The van der Waals surface area contributed by atoms with Crippen LogP contribution in [0.5, 0.6) is 0 Å². The van der Waals surface area contributed by atoms with Crippen LogP contribution in [0.4, 0.5) is 0 Å². The van der Waals surface area contributed by atoms with E-state index in [1.54, 1.807) is 31.2 Å². The van der Waals surface area contributed by atoms with E-state index in [1.807, 2.05) is 6.07 Å². The molecule has 0 fully saturated rings. The monoisotopic (exact) mass is 628 g/mol. The molecule has 0 saturated carbocycles. The van der Waals surface area contributed by atoms with Crippen molar-refractivity contribution in [1.29, 1.82) is 0 Å². The molecule has 0 amide bonds. The summed E-state index contributed by atoms with van der Waals surface area (Å²) < 4.78 is 13.5. The Hall–Kier alpha value is -3.03. The van der Waals surface area contributed by atoms with Crippen molar-refractivity contribution in [2.75, 3.05) is 13.2 Å². The van der Waals surface area contributed by atoms with Crippen LogP contribution in [0.25, 0.3) is 0 Å². The van der Waals surface area contributed by atoms with Crippen molar-refractivity contribution in [2.24, 2.45) is 23.7 Å². The minimum atomic E-state index is -2.80. The lowest BCUT2D eigenvalue weighted by molar-refractivity contribution is -0.110. The molecule has 0 aromatic heterocycles. The maximum atomic E-state index is 13.2. The van der Waals surface area contributed by atoms with Crippen LogP contribution in [0.1, 0.15) is 71.7 Å². The summed E-state index contributed by atoms with van der Waals surface area (Å²) in [6.07, 6.45) is 2.72. The summed E-state index contributed by atoms with van der Waals surface area (Å²) in [6.45, 7) is 15.1. The molecule has 6 heteroatoms. The Kier molecular flexibility index (Phi) is 11.3. The average Bonchev–Trinajstić information content (AvgIpc) is 3.02. The molecule has 242 valence electrons. The molecular formula is C39H52O5Si. The summed E-state index contributed by atoms with van der Waals surface area (Å²) in [4.78, 5) is 13.2. The number of aliphatic hydroxyl groups is 2. The largest absolute Gasteiger partial charge is 0.456 e. The van der Waals surface area contributed by atoms with Gasteiger partial charge in [-0.3, -0.25) is 0 Å². The maximum Gasteiger partial charge on any atom is 0.338 e.